The molecule has 2 saturated heterocycles. The molecule has 3 rings (SSSR count). The van der Waals surface area contributed by atoms with E-state index in [1.165, 1.54) is 6.07 Å². The number of benzene rings is 1. The lowest BCUT2D eigenvalue weighted by Crippen LogP contribution is -2.35. The van der Waals surface area contributed by atoms with Crippen molar-refractivity contribution in [2.45, 2.75) is 26.2 Å². The van der Waals surface area contributed by atoms with Crippen molar-refractivity contribution in [2.75, 3.05) is 50.7 Å². The number of nitrogens with zero attached hydrogens (tertiary/aromatic N) is 4. The fourth-order valence-electron chi connectivity index (χ4n) is 3.70. The first-order chi connectivity index (χ1) is 12.1. The van der Waals surface area contributed by atoms with Crippen molar-refractivity contribution in [1.82, 2.24) is 9.80 Å². The molecule has 136 valence electrons. The number of nitro benzene ring substituents is 1. The van der Waals surface area contributed by atoms with Gasteiger partial charge in [-0.1, -0.05) is 6.92 Å². The average molecular weight is 346 g/mol. The fraction of sp³-hybridized carbons (Fsp3) is 0.611. The zero-order valence-electron chi connectivity index (χ0n) is 14.8. The Morgan fingerprint density at radius 2 is 1.84 bits per heavy atom. The smallest absolute Gasteiger partial charge is 0.293 e. The maximum absolute atomic E-state index is 12.8. The molecule has 0 N–H and O–H groups in total. The fourth-order valence-corrected chi connectivity index (χ4v) is 3.70. The van der Waals surface area contributed by atoms with Crippen LogP contribution in [-0.4, -0.2) is 66.4 Å². The molecule has 2 heterocycles. The van der Waals surface area contributed by atoms with Gasteiger partial charge in [-0.3, -0.25) is 14.9 Å². The second kappa shape index (κ2) is 7.82. The largest absolute Gasteiger partial charge is 0.366 e. The van der Waals surface area contributed by atoms with Crippen molar-refractivity contribution < 1.29 is 9.72 Å². The quantitative estimate of drug-likeness (QED) is 0.618. The molecule has 0 saturated carbocycles. The molecular formula is C18H26N4O3. The van der Waals surface area contributed by atoms with Crippen LogP contribution in [0, 0.1) is 10.1 Å². The molecule has 1 amide bonds. The van der Waals surface area contributed by atoms with Crippen molar-refractivity contribution in [3.8, 4) is 0 Å². The molecule has 2 aliphatic heterocycles. The van der Waals surface area contributed by atoms with Crippen LogP contribution in [0.3, 0.4) is 0 Å². The Morgan fingerprint density at radius 1 is 1.08 bits per heavy atom. The van der Waals surface area contributed by atoms with Gasteiger partial charge < -0.3 is 14.7 Å². The second-order valence-corrected chi connectivity index (χ2v) is 6.73. The second-order valence-electron chi connectivity index (χ2n) is 6.73. The van der Waals surface area contributed by atoms with E-state index in [9.17, 15) is 14.9 Å². The van der Waals surface area contributed by atoms with Crippen LogP contribution >= 0.6 is 0 Å². The van der Waals surface area contributed by atoms with E-state index < -0.39 is 0 Å². The van der Waals surface area contributed by atoms with Gasteiger partial charge in [0.15, 0.2) is 0 Å². The average Bonchev–Trinajstić information content (AvgIpc) is 3.05. The van der Waals surface area contributed by atoms with Crippen molar-refractivity contribution in [3.05, 3.63) is 33.9 Å². The van der Waals surface area contributed by atoms with Crippen LogP contribution in [0.2, 0.25) is 0 Å². The highest BCUT2D eigenvalue weighted by molar-refractivity contribution is 5.95. The molecule has 25 heavy (non-hydrogen) atoms. The minimum absolute atomic E-state index is 0.0396. The highest BCUT2D eigenvalue weighted by atomic mass is 16.6. The van der Waals surface area contributed by atoms with Crippen LogP contribution in [-0.2, 0) is 0 Å². The van der Waals surface area contributed by atoms with E-state index >= 15 is 0 Å². The van der Waals surface area contributed by atoms with Gasteiger partial charge >= 0.3 is 0 Å². The van der Waals surface area contributed by atoms with Gasteiger partial charge in [0, 0.05) is 44.4 Å². The van der Waals surface area contributed by atoms with Gasteiger partial charge in [-0.25, -0.2) is 0 Å². The van der Waals surface area contributed by atoms with Crippen LogP contribution in [0.5, 0.6) is 0 Å². The molecule has 0 spiro atoms. The lowest BCUT2D eigenvalue weighted by molar-refractivity contribution is -0.384. The molecule has 0 atom stereocenters. The predicted octanol–water partition coefficient (Wildman–Crippen LogP) is 2.36. The van der Waals surface area contributed by atoms with Gasteiger partial charge in [0.2, 0.25) is 0 Å². The lowest BCUT2D eigenvalue weighted by Gasteiger charge is -2.22. The first-order valence-electron chi connectivity index (χ1n) is 9.15. The maximum Gasteiger partial charge on any atom is 0.293 e. The van der Waals surface area contributed by atoms with E-state index in [1.54, 1.807) is 12.1 Å². The number of anilines is 1. The Labute approximate surface area is 148 Å². The molecule has 2 fully saturated rings. The van der Waals surface area contributed by atoms with Crippen LogP contribution in [0.1, 0.15) is 36.5 Å². The van der Waals surface area contributed by atoms with Crippen molar-refractivity contribution >= 4 is 17.3 Å². The summed E-state index contributed by atoms with van der Waals surface area (Å²) >= 11 is 0. The topological polar surface area (TPSA) is 69.9 Å². The molecule has 0 bridgehead atoms. The summed E-state index contributed by atoms with van der Waals surface area (Å²) in [6.45, 7) is 8.02. The molecule has 1 aromatic carbocycles. The van der Waals surface area contributed by atoms with Gasteiger partial charge in [-0.15, -0.1) is 0 Å². The summed E-state index contributed by atoms with van der Waals surface area (Å²) in [7, 11) is 0. The van der Waals surface area contributed by atoms with Crippen molar-refractivity contribution in [2.24, 2.45) is 0 Å². The summed E-state index contributed by atoms with van der Waals surface area (Å²) in [4.78, 5) is 30.2. The van der Waals surface area contributed by atoms with Crippen LogP contribution in [0.4, 0.5) is 11.4 Å². The molecule has 2 aliphatic rings. The summed E-state index contributed by atoms with van der Waals surface area (Å²) in [5, 5.41) is 11.5. The first-order valence-corrected chi connectivity index (χ1v) is 9.15. The van der Waals surface area contributed by atoms with Crippen LogP contribution < -0.4 is 4.90 Å². The molecule has 7 heteroatoms. The molecule has 7 nitrogen and oxygen atoms in total. The Balaban J connectivity index is 1.80. The third-order valence-electron chi connectivity index (χ3n) is 5.19. The Morgan fingerprint density at radius 3 is 2.52 bits per heavy atom. The van der Waals surface area contributed by atoms with Crippen molar-refractivity contribution in [3.63, 3.8) is 0 Å². The van der Waals surface area contributed by atoms with Crippen molar-refractivity contribution in [1.29, 1.82) is 0 Å². The minimum Gasteiger partial charge on any atom is -0.366 e. The summed E-state index contributed by atoms with van der Waals surface area (Å²) in [5.41, 5.74) is 1.09. The van der Waals surface area contributed by atoms with Gasteiger partial charge in [-0.2, -0.15) is 0 Å². The number of amides is 1. The van der Waals surface area contributed by atoms with Crippen LogP contribution in [0.25, 0.3) is 0 Å². The number of likely N-dealkylation sites (N-methyl/N-ethyl adjacent to an activating group) is 1. The molecular weight excluding hydrogens is 320 g/mol. The highest BCUT2D eigenvalue weighted by Crippen LogP contribution is 2.32. The molecule has 0 radical (unpaired) electrons. The number of nitro groups is 1. The predicted molar refractivity (Wildman–Crippen MR) is 97.2 cm³/mol. The molecule has 1 aromatic rings. The van der Waals surface area contributed by atoms with Crippen LogP contribution in [0.15, 0.2) is 18.2 Å². The summed E-state index contributed by atoms with van der Waals surface area (Å²) in [5.74, 6) is -0.103. The first kappa shape index (κ1) is 17.7. The number of hydrogen-bond acceptors (Lipinski definition) is 5. The van der Waals surface area contributed by atoms with E-state index in [1.807, 2.05) is 9.80 Å². The van der Waals surface area contributed by atoms with Gasteiger partial charge in [-0.05, 0) is 44.5 Å². The Bertz CT molecular complexity index is 643. The minimum atomic E-state index is -0.369. The summed E-state index contributed by atoms with van der Waals surface area (Å²) in [6.07, 6.45) is 3.05. The van der Waals surface area contributed by atoms with E-state index in [4.69, 9.17) is 0 Å². The van der Waals surface area contributed by atoms with E-state index in [-0.39, 0.29) is 16.5 Å². The third kappa shape index (κ3) is 3.92. The Hall–Kier alpha value is -2.15. The van der Waals surface area contributed by atoms with Gasteiger partial charge in [0.1, 0.15) is 5.69 Å². The number of carbonyl (C=O) groups excluding carboxylic acids is 1. The normalized spacial score (nSPS) is 19.1. The molecule has 0 unspecified atom stereocenters. The summed E-state index contributed by atoms with van der Waals surface area (Å²) < 4.78 is 0. The molecule has 0 aromatic heterocycles. The summed E-state index contributed by atoms with van der Waals surface area (Å²) in [6, 6.07) is 4.94. The SMILES string of the molecule is CCN1CCCN(C(=O)c2ccc(N3CCCC3)c([N+](=O)[O-])c2)CC1. The van der Waals surface area contributed by atoms with E-state index in [2.05, 4.69) is 11.8 Å². The third-order valence-corrected chi connectivity index (χ3v) is 5.19. The number of carbonyl (C=O) groups is 1. The maximum atomic E-state index is 12.8. The zero-order chi connectivity index (χ0) is 17.8. The highest BCUT2D eigenvalue weighted by Gasteiger charge is 2.26. The van der Waals surface area contributed by atoms with E-state index in [0.717, 1.165) is 52.0 Å². The lowest BCUT2D eigenvalue weighted by atomic mass is 10.1. The van der Waals surface area contributed by atoms with Gasteiger partial charge in [0.05, 0.1) is 4.92 Å². The number of rotatable bonds is 4. The van der Waals surface area contributed by atoms with E-state index in [0.29, 0.717) is 24.3 Å². The monoisotopic (exact) mass is 346 g/mol. The Kier molecular flexibility index (Phi) is 5.53. The van der Waals surface area contributed by atoms with Gasteiger partial charge in [0.25, 0.3) is 11.6 Å². The number of hydrogen-bond donors (Lipinski definition) is 0. The molecule has 0 aliphatic carbocycles. The zero-order valence-corrected chi connectivity index (χ0v) is 14.8. The standard InChI is InChI=1S/C18H26N4O3/c1-2-19-8-5-11-21(13-12-19)18(23)15-6-7-16(17(14-15)22(24)25)20-9-3-4-10-20/h6-7,14H,2-5,8-13H2,1H3.